The van der Waals surface area contributed by atoms with Gasteiger partial charge >= 0.3 is 5.97 Å². The quantitative estimate of drug-likeness (QED) is 0.668. The minimum Gasteiger partial charge on any atom is -0.468 e. The van der Waals surface area contributed by atoms with Crippen molar-refractivity contribution in [2.45, 2.75) is 58.3 Å². The largest absolute Gasteiger partial charge is 0.468 e. The highest BCUT2D eigenvalue weighted by Crippen LogP contribution is 2.27. The minimum atomic E-state index is -0.334. The number of nitrogens with zero attached hydrogens (tertiary/aromatic N) is 1. The molecule has 1 rings (SSSR count). The first kappa shape index (κ1) is 16.0. The molecule has 0 atom stereocenters. The van der Waals surface area contributed by atoms with Gasteiger partial charge in [-0.15, -0.1) is 0 Å². The van der Waals surface area contributed by atoms with Crippen LogP contribution >= 0.6 is 0 Å². The summed E-state index contributed by atoms with van der Waals surface area (Å²) in [5, 5.41) is 0. The lowest BCUT2D eigenvalue weighted by molar-refractivity contribution is -0.147. The third-order valence-electron chi connectivity index (χ3n) is 3.89. The Bertz CT molecular complexity index is 285. The van der Waals surface area contributed by atoms with Crippen molar-refractivity contribution in [1.29, 1.82) is 0 Å². The first-order valence-corrected chi connectivity index (χ1v) is 7.52. The number of carbonyl (C=O) groups excluding carboxylic acids is 2. The number of hydrogen-bond acceptors (Lipinski definition) is 3. The molecule has 19 heavy (non-hydrogen) atoms. The minimum absolute atomic E-state index is 0.0911. The molecule has 1 amide bonds. The van der Waals surface area contributed by atoms with Crippen LogP contribution in [0.1, 0.15) is 58.3 Å². The molecule has 1 aliphatic carbocycles. The van der Waals surface area contributed by atoms with Crippen LogP contribution in [0, 0.1) is 5.92 Å². The van der Waals surface area contributed by atoms with Crippen LogP contribution in [0.3, 0.4) is 0 Å². The van der Waals surface area contributed by atoms with E-state index in [0.29, 0.717) is 18.9 Å². The Balaban J connectivity index is 2.35. The maximum atomic E-state index is 12.1. The Morgan fingerprint density at radius 1 is 1.21 bits per heavy atom. The summed E-state index contributed by atoms with van der Waals surface area (Å²) in [6.45, 7) is 2.74. The van der Waals surface area contributed by atoms with Crippen molar-refractivity contribution in [3.05, 3.63) is 0 Å². The van der Waals surface area contributed by atoms with E-state index in [2.05, 4.69) is 4.74 Å². The highest BCUT2D eigenvalue weighted by Gasteiger charge is 2.19. The summed E-state index contributed by atoms with van der Waals surface area (Å²) in [6, 6.07) is 0. The van der Waals surface area contributed by atoms with Gasteiger partial charge in [-0.05, 0) is 18.8 Å². The predicted molar refractivity (Wildman–Crippen MR) is 74.7 cm³/mol. The van der Waals surface area contributed by atoms with E-state index >= 15 is 0 Å². The summed E-state index contributed by atoms with van der Waals surface area (Å²) < 4.78 is 4.64. The van der Waals surface area contributed by atoms with Crippen molar-refractivity contribution in [3.8, 4) is 0 Å². The zero-order valence-electron chi connectivity index (χ0n) is 12.3. The molecule has 1 aliphatic rings. The summed E-state index contributed by atoms with van der Waals surface area (Å²) in [5.74, 6) is 0.469. The van der Waals surface area contributed by atoms with Gasteiger partial charge < -0.3 is 9.64 Å². The number of esters is 1. The van der Waals surface area contributed by atoms with Crippen molar-refractivity contribution in [2.75, 3.05) is 20.2 Å². The third kappa shape index (κ3) is 6.08. The average molecular weight is 269 g/mol. The summed E-state index contributed by atoms with van der Waals surface area (Å²) >= 11 is 0. The Hall–Kier alpha value is -1.06. The van der Waals surface area contributed by atoms with Crippen LogP contribution in [-0.4, -0.2) is 37.0 Å². The highest BCUT2D eigenvalue weighted by molar-refractivity contribution is 5.82. The van der Waals surface area contributed by atoms with Crippen molar-refractivity contribution >= 4 is 11.9 Å². The normalized spacial score (nSPS) is 16.1. The van der Waals surface area contributed by atoms with E-state index in [1.165, 1.54) is 39.2 Å². The lowest BCUT2D eigenvalue weighted by Crippen LogP contribution is -2.36. The van der Waals surface area contributed by atoms with Gasteiger partial charge in [-0.25, -0.2) is 0 Å². The van der Waals surface area contributed by atoms with Crippen LogP contribution in [0.2, 0.25) is 0 Å². The highest BCUT2D eigenvalue weighted by atomic mass is 16.5. The number of rotatable bonds is 7. The molecule has 0 bridgehead atoms. The van der Waals surface area contributed by atoms with Crippen LogP contribution in [0.5, 0.6) is 0 Å². The van der Waals surface area contributed by atoms with Crippen LogP contribution in [0.15, 0.2) is 0 Å². The second-order valence-electron chi connectivity index (χ2n) is 5.43. The fraction of sp³-hybridized carbons (Fsp3) is 0.867. The summed E-state index contributed by atoms with van der Waals surface area (Å²) in [5.41, 5.74) is 0. The predicted octanol–water partition coefficient (Wildman–Crippen LogP) is 2.76. The molecule has 0 spiro atoms. The van der Waals surface area contributed by atoms with Gasteiger partial charge in [0, 0.05) is 13.0 Å². The van der Waals surface area contributed by atoms with Crippen molar-refractivity contribution < 1.29 is 14.3 Å². The molecule has 0 saturated heterocycles. The maximum Gasteiger partial charge on any atom is 0.325 e. The monoisotopic (exact) mass is 269 g/mol. The van der Waals surface area contributed by atoms with E-state index in [1.54, 1.807) is 4.90 Å². The molecule has 0 aromatic rings. The standard InChI is InChI=1S/C15H27NO3/c1-3-11-16(12-15(18)19-2)14(17)10-9-13-7-5-4-6-8-13/h13H,3-12H2,1-2H3. The van der Waals surface area contributed by atoms with Crippen LogP contribution in [0.4, 0.5) is 0 Å². The van der Waals surface area contributed by atoms with Gasteiger partial charge in [0.25, 0.3) is 0 Å². The molecule has 0 aromatic carbocycles. The summed E-state index contributed by atoms with van der Waals surface area (Å²) in [4.78, 5) is 25.1. The first-order chi connectivity index (χ1) is 9.17. The number of amides is 1. The van der Waals surface area contributed by atoms with Gasteiger partial charge in [0.15, 0.2) is 0 Å². The molecule has 0 aliphatic heterocycles. The Morgan fingerprint density at radius 3 is 2.47 bits per heavy atom. The van der Waals surface area contributed by atoms with E-state index in [1.807, 2.05) is 6.92 Å². The molecule has 0 radical (unpaired) electrons. The molecular formula is C15H27NO3. The maximum absolute atomic E-state index is 12.1. The molecular weight excluding hydrogens is 242 g/mol. The zero-order valence-corrected chi connectivity index (χ0v) is 12.3. The topological polar surface area (TPSA) is 46.6 Å². The molecule has 4 nitrogen and oxygen atoms in total. The van der Waals surface area contributed by atoms with Crippen molar-refractivity contribution in [3.63, 3.8) is 0 Å². The smallest absolute Gasteiger partial charge is 0.325 e. The van der Waals surface area contributed by atoms with Gasteiger partial charge in [-0.3, -0.25) is 9.59 Å². The second kappa shape index (κ2) is 8.94. The van der Waals surface area contributed by atoms with Crippen LogP contribution in [-0.2, 0) is 14.3 Å². The Labute approximate surface area is 116 Å². The van der Waals surface area contributed by atoms with E-state index in [4.69, 9.17) is 0 Å². The average Bonchev–Trinajstić information content (AvgIpc) is 2.45. The van der Waals surface area contributed by atoms with Gasteiger partial charge in [0.05, 0.1) is 7.11 Å². The van der Waals surface area contributed by atoms with Gasteiger partial charge in [-0.2, -0.15) is 0 Å². The van der Waals surface area contributed by atoms with Gasteiger partial charge in [-0.1, -0.05) is 39.0 Å². The SMILES string of the molecule is CCCN(CC(=O)OC)C(=O)CCC1CCCCC1. The van der Waals surface area contributed by atoms with Crippen LogP contribution < -0.4 is 0 Å². The number of methoxy groups -OCH3 is 1. The lowest BCUT2D eigenvalue weighted by atomic mass is 9.86. The Kier molecular flexibility index (Phi) is 7.53. The van der Waals surface area contributed by atoms with Crippen molar-refractivity contribution in [1.82, 2.24) is 4.90 Å². The fourth-order valence-corrected chi connectivity index (χ4v) is 2.74. The van der Waals surface area contributed by atoms with E-state index in [9.17, 15) is 9.59 Å². The lowest BCUT2D eigenvalue weighted by Gasteiger charge is -2.24. The van der Waals surface area contributed by atoms with Crippen LogP contribution in [0.25, 0.3) is 0 Å². The fourth-order valence-electron chi connectivity index (χ4n) is 2.74. The molecule has 0 heterocycles. The van der Waals surface area contributed by atoms with Crippen molar-refractivity contribution in [2.24, 2.45) is 5.92 Å². The molecule has 0 unspecified atom stereocenters. The third-order valence-corrected chi connectivity index (χ3v) is 3.89. The summed E-state index contributed by atoms with van der Waals surface area (Å²) in [6.07, 6.45) is 8.89. The second-order valence-corrected chi connectivity index (χ2v) is 5.43. The van der Waals surface area contributed by atoms with E-state index in [0.717, 1.165) is 12.8 Å². The summed E-state index contributed by atoms with van der Waals surface area (Å²) in [7, 11) is 1.36. The van der Waals surface area contributed by atoms with E-state index in [-0.39, 0.29) is 18.4 Å². The first-order valence-electron chi connectivity index (χ1n) is 7.52. The number of ether oxygens (including phenoxy) is 1. The molecule has 0 N–H and O–H groups in total. The zero-order chi connectivity index (χ0) is 14.1. The molecule has 1 saturated carbocycles. The Morgan fingerprint density at radius 2 is 1.89 bits per heavy atom. The number of hydrogen-bond donors (Lipinski definition) is 0. The van der Waals surface area contributed by atoms with Gasteiger partial charge in [0.2, 0.25) is 5.91 Å². The molecule has 110 valence electrons. The molecule has 0 aromatic heterocycles. The number of carbonyl (C=O) groups is 2. The van der Waals surface area contributed by atoms with Gasteiger partial charge in [0.1, 0.15) is 6.54 Å². The molecule has 1 fully saturated rings. The van der Waals surface area contributed by atoms with E-state index < -0.39 is 0 Å². The molecule has 4 heteroatoms.